The molecule has 1 aliphatic rings. The van der Waals surface area contributed by atoms with Crippen molar-refractivity contribution in [1.29, 1.82) is 0 Å². The van der Waals surface area contributed by atoms with E-state index in [1.807, 2.05) is 0 Å². The standard InChI is InChI=1S/C17H17BrO/c1-11-4-3-5-13(8-11)17(18)14-6-7-16-15(10-14)9-12(2)19-16/h3-8,10,12,17H,9H2,1-2H3. The molecule has 1 heterocycles. The van der Waals surface area contributed by atoms with Gasteiger partial charge in [-0.05, 0) is 36.6 Å². The Morgan fingerprint density at radius 1 is 1.16 bits per heavy atom. The predicted molar refractivity (Wildman–Crippen MR) is 82.2 cm³/mol. The van der Waals surface area contributed by atoms with Crippen molar-refractivity contribution in [2.45, 2.75) is 31.2 Å². The Morgan fingerprint density at radius 2 is 1.95 bits per heavy atom. The Kier molecular flexibility index (Phi) is 3.36. The molecule has 2 aromatic carbocycles. The number of hydrogen-bond acceptors (Lipinski definition) is 1. The number of halogens is 1. The van der Waals surface area contributed by atoms with Gasteiger partial charge in [-0.1, -0.05) is 57.9 Å². The van der Waals surface area contributed by atoms with Gasteiger partial charge in [0.2, 0.25) is 0 Å². The SMILES string of the molecule is Cc1cccc(C(Br)c2ccc3c(c2)CC(C)O3)c1. The van der Waals surface area contributed by atoms with E-state index in [2.05, 4.69) is 72.2 Å². The van der Waals surface area contributed by atoms with Gasteiger partial charge >= 0.3 is 0 Å². The molecule has 3 rings (SSSR count). The van der Waals surface area contributed by atoms with Crippen LogP contribution < -0.4 is 4.74 Å². The largest absolute Gasteiger partial charge is 0.490 e. The van der Waals surface area contributed by atoms with Gasteiger partial charge in [0.15, 0.2) is 0 Å². The predicted octanol–water partition coefficient (Wildman–Crippen LogP) is 4.80. The molecule has 0 aliphatic carbocycles. The number of aryl methyl sites for hydroxylation is 1. The lowest BCUT2D eigenvalue weighted by Crippen LogP contribution is -2.05. The zero-order valence-electron chi connectivity index (χ0n) is 11.2. The summed E-state index contributed by atoms with van der Waals surface area (Å²) >= 11 is 3.81. The van der Waals surface area contributed by atoms with Gasteiger partial charge in [0.25, 0.3) is 0 Å². The van der Waals surface area contributed by atoms with Gasteiger partial charge in [-0.15, -0.1) is 0 Å². The molecule has 98 valence electrons. The number of fused-ring (bicyclic) bond motifs is 1. The van der Waals surface area contributed by atoms with Gasteiger partial charge in [-0.25, -0.2) is 0 Å². The van der Waals surface area contributed by atoms with Crippen LogP contribution >= 0.6 is 15.9 Å². The lowest BCUT2D eigenvalue weighted by Gasteiger charge is -2.12. The van der Waals surface area contributed by atoms with Gasteiger partial charge in [0.1, 0.15) is 11.9 Å². The van der Waals surface area contributed by atoms with E-state index in [9.17, 15) is 0 Å². The van der Waals surface area contributed by atoms with Crippen LogP contribution in [0.4, 0.5) is 0 Å². The number of alkyl halides is 1. The second kappa shape index (κ2) is 5.01. The molecule has 2 atom stereocenters. The summed E-state index contributed by atoms with van der Waals surface area (Å²) in [7, 11) is 0. The summed E-state index contributed by atoms with van der Waals surface area (Å²) in [4.78, 5) is 0.244. The fraction of sp³-hybridized carbons (Fsp3) is 0.294. The molecule has 0 saturated carbocycles. The number of hydrogen-bond donors (Lipinski definition) is 0. The minimum absolute atomic E-state index is 0.244. The molecule has 1 nitrogen and oxygen atoms in total. The van der Waals surface area contributed by atoms with Crippen LogP contribution in [0.2, 0.25) is 0 Å². The summed E-state index contributed by atoms with van der Waals surface area (Å²) in [6, 6.07) is 15.1. The molecule has 2 unspecified atom stereocenters. The molecule has 0 radical (unpaired) electrons. The zero-order chi connectivity index (χ0) is 13.4. The van der Waals surface area contributed by atoms with E-state index < -0.39 is 0 Å². The summed E-state index contributed by atoms with van der Waals surface area (Å²) in [5, 5.41) is 0. The first-order valence-electron chi connectivity index (χ1n) is 6.63. The maximum absolute atomic E-state index is 5.75. The van der Waals surface area contributed by atoms with Crippen LogP contribution in [0.1, 0.15) is 34.0 Å². The molecule has 0 fully saturated rings. The molecule has 1 aliphatic heterocycles. The highest BCUT2D eigenvalue weighted by Gasteiger charge is 2.20. The second-order valence-corrected chi connectivity index (χ2v) is 6.19. The van der Waals surface area contributed by atoms with Crippen molar-refractivity contribution in [3.8, 4) is 5.75 Å². The Balaban J connectivity index is 1.93. The van der Waals surface area contributed by atoms with E-state index >= 15 is 0 Å². The van der Waals surface area contributed by atoms with Gasteiger partial charge in [-0.3, -0.25) is 0 Å². The third kappa shape index (κ3) is 2.55. The Labute approximate surface area is 122 Å². The highest BCUT2D eigenvalue weighted by Crippen LogP contribution is 2.36. The molecule has 19 heavy (non-hydrogen) atoms. The van der Waals surface area contributed by atoms with Crippen molar-refractivity contribution >= 4 is 15.9 Å². The smallest absolute Gasteiger partial charge is 0.123 e. The summed E-state index contributed by atoms with van der Waals surface area (Å²) in [6.07, 6.45) is 1.31. The fourth-order valence-electron chi connectivity index (χ4n) is 2.62. The molecule has 0 aromatic heterocycles. The first-order valence-corrected chi connectivity index (χ1v) is 7.55. The average Bonchev–Trinajstić information content (AvgIpc) is 2.76. The zero-order valence-corrected chi connectivity index (χ0v) is 12.8. The van der Waals surface area contributed by atoms with Crippen LogP contribution in [-0.4, -0.2) is 6.10 Å². The quantitative estimate of drug-likeness (QED) is 0.723. The molecular weight excluding hydrogens is 300 g/mol. The second-order valence-electron chi connectivity index (χ2n) is 5.28. The maximum atomic E-state index is 5.75. The third-order valence-electron chi connectivity index (χ3n) is 3.55. The molecular formula is C17H17BrO. The minimum atomic E-state index is 0.244. The summed E-state index contributed by atoms with van der Waals surface area (Å²) < 4.78 is 5.75. The van der Waals surface area contributed by atoms with Crippen LogP contribution in [0.3, 0.4) is 0 Å². The van der Waals surface area contributed by atoms with Crippen LogP contribution in [0.15, 0.2) is 42.5 Å². The fourth-order valence-corrected chi connectivity index (χ4v) is 3.19. The maximum Gasteiger partial charge on any atom is 0.123 e. The van der Waals surface area contributed by atoms with Crippen LogP contribution in [0.25, 0.3) is 0 Å². The molecule has 0 N–H and O–H groups in total. The topological polar surface area (TPSA) is 9.23 Å². The van der Waals surface area contributed by atoms with E-state index in [0.29, 0.717) is 6.10 Å². The van der Waals surface area contributed by atoms with E-state index in [-0.39, 0.29) is 4.83 Å². The van der Waals surface area contributed by atoms with Crippen LogP contribution in [-0.2, 0) is 6.42 Å². The Bertz CT molecular complexity index is 606. The number of ether oxygens (including phenoxy) is 1. The molecule has 0 amide bonds. The van der Waals surface area contributed by atoms with Gasteiger partial charge in [-0.2, -0.15) is 0 Å². The van der Waals surface area contributed by atoms with Crippen LogP contribution in [0.5, 0.6) is 5.75 Å². The summed E-state index contributed by atoms with van der Waals surface area (Å²) in [5.41, 5.74) is 5.20. The monoisotopic (exact) mass is 316 g/mol. The highest BCUT2D eigenvalue weighted by molar-refractivity contribution is 9.09. The van der Waals surface area contributed by atoms with Gasteiger partial charge in [0.05, 0.1) is 4.83 Å². The number of benzene rings is 2. The summed E-state index contributed by atoms with van der Waals surface area (Å²) in [5.74, 6) is 1.04. The van der Waals surface area contributed by atoms with Crippen molar-refractivity contribution in [3.05, 3.63) is 64.7 Å². The Morgan fingerprint density at radius 3 is 2.74 bits per heavy atom. The van der Waals surface area contributed by atoms with E-state index in [0.717, 1.165) is 12.2 Å². The molecule has 2 aromatic rings. The first kappa shape index (κ1) is 12.7. The molecule has 2 heteroatoms. The lowest BCUT2D eigenvalue weighted by atomic mass is 10.00. The third-order valence-corrected chi connectivity index (χ3v) is 4.60. The molecule has 0 saturated heterocycles. The van der Waals surface area contributed by atoms with Gasteiger partial charge < -0.3 is 4.74 Å². The molecule has 0 bridgehead atoms. The lowest BCUT2D eigenvalue weighted by molar-refractivity contribution is 0.254. The van der Waals surface area contributed by atoms with E-state index in [4.69, 9.17) is 4.74 Å². The van der Waals surface area contributed by atoms with E-state index in [1.165, 1.54) is 22.3 Å². The summed E-state index contributed by atoms with van der Waals surface area (Å²) in [6.45, 7) is 4.24. The highest BCUT2D eigenvalue weighted by atomic mass is 79.9. The normalized spacial score (nSPS) is 18.8. The number of rotatable bonds is 2. The van der Waals surface area contributed by atoms with Crippen molar-refractivity contribution in [2.24, 2.45) is 0 Å². The molecule has 0 spiro atoms. The van der Waals surface area contributed by atoms with Crippen LogP contribution in [0, 0.1) is 6.92 Å². The Hall–Kier alpha value is -1.28. The first-order chi connectivity index (χ1) is 9.13. The van der Waals surface area contributed by atoms with Crippen molar-refractivity contribution in [3.63, 3.8) is 0 Å². The van der Waals surface area contributed by atoms with Gasteiger partial charge in [0, 0.05) is 6.42 Å². The minimum Gasteiger partial charge on any atom is -0.490 e. The van der Waals surface area contributed by atoms with Crippen molar-refractivity contribution in [1.82, 2.24) is 0 Å². The van der Waals surface area contributed by atoms with Crippen molar-refractivity contribution in [2.75, 3.05) is 0 Å². The van der Waals surface area contributed by atoms with Crippen molar-refractivity contribution < 1.29 is 4.74 Å². The average molecular weight is 317 g/mol. The van der Waals surface area contributed by atoms with E-state index in [1.54, 1.807) is 0 Å².